The van der Waals surface area contributed by atoms with Gasteiger partial charge in [-0.3, -0.25) is 4.98 Å². The lowest BCUT2D eigenvalue weighted by atomic mass is 10.1. The fourth-order valence-electron chi connectivity index (χ4n) is 2.13. The van der Waals surface area contributed by atoms with Crippen molar-refractivity contribution in [2.75, 3.05) is 20.2 Å². The summed E-state index contributed by atoms with van der Waals surface area (Å²) in [5.74, 6) is 1.42. The number of hydrogen-bond acceptors (Lipinski definition) is 4. The van der Waals surface area contributed by atoms with E-state index < -0.39 is 6.10 Å². The summed E-state index contributed by atoms with van der Waals surface area (Å²) in [5, 5.41) is 16.6. The maximum atomic E-state index is 10.3. The number of benzene rings is 1. The summed E-state index contributed by atoms with van der Waals surface area (Å²) < 4.78 is 5.12. The number of hydrogen-bond donors (Lipinski definition) is 3. The zero-order chi connectivity index (χ0) is 17.2. The monoisotopic (exact) mass is 328 g/mol. The highest BCUT2D eigenvalue weighted by Crippen LogP contribution is 2.16. The number of pyridine rings is 1. The van der Waals surface area contributed by atoms with Crippen molar-refractivity contribution >= 4 is 5.96 Å². The van der Waals surface area contributed by atoms with Gasteiger partial charge in [0.25, 0.3) is 0 Å². The van der Waals surface area contributed by atoms with Crippen LogP contribution in [0.5, 0.6) is 5.75 Å². The molecule has 0 fully saturated rings. The fourth-order valence-corrected chi connectivity index (χ4v) is 2.13. The van der Waals surface area contributed by atoms with Crippen molar-refractivity contribution in [3.63, 3.8) is 0 Å². The molecule has 2 aromatic rings. The zero-order valence-electron chi connectivity index (χ0n) is 14.1. The largest absolute Gasteiger partial charge is 0.497 e. The van der Waals surface area contributed by atoms with E-state index in [2.05, 4.69) is 20.6 Å². The molecule has 6 heteroatoms. The number of nitrogens with one attached hydrogen (secondary N) is 2. The molecule has 1 heterocycles. The molecule has 0 aliphatic rings. The van der Waals surface area contributed by atoms with Crippen LogP contribution >= 0.6 is 0 Å². The van der Waals surface area contributed by atoms with E-state index in [0.717, 1.165) is 23.6 Å². The van der Waals surface area contributed by atoms with Crippen LogP contribution in [0.3, 0.4) is 0 Å². The Morgan fingerprint density at radius 3 is 2.62 bits per heavy atom. The molecule has 1 unspecified atom stereocenters. The molecule has 0 aliphatic carbocycles. The van der Waals surface area contributed by atoms with Gasteiger partial charge in [-0.25, -0.2) is 4.99 Å². The fraction of sp³-hybridized carbons (Fsp3) is 0.333. The molecule has 0 spiro atoms. The third-order valence-electron chi connectivity index (χ3n) is 3.43. The van der Waals surface area contributed by atoms with Crippen molar-refractivity contribution in [1.82, 2.24) is 15.6 Å². The molecule has 1 atom stereocenters. The van der Waals surface area contributed by atoms with Gasteiger partial charge in [-0.1, -0.05) is 18.2 Å². The highest BCUT2D eigenvalue weighted by atomic mass is 16.5. The Kier molecular flexibility index (Phi) is 7.04. The van der Waals surface area contributed by atoms with Crippen LogP contribution in [0.2, 0.25) is 0 Å². The summed E-state index contributed by atoms with van der Waals surface area (Å²) in [4.78, 5) is 8.72. The van der Waals surface area contributed by atoms with Crippen LogP contribution in [0.15, 0.2) is 53.7 Å². The third kappa shape index (κ3) is 5.55. The standard InChI is InChI=1S/C18H24N4O2/c1-3-19-18(21-12-15-6-4-5-11-20-15)22-13-17(23)14-7-9-16(24-2)10-8-14/h4-11,17,23H,3,12-13H2,1-2H3,(H2,19,21,22). The predicted molar refractivity (Wildman–Crippen MR) is 95.0 cm³/mol. The second kappa shape index (κ2) is 9.52. The average molecular weight is 328 g/mol. The van der Waals surface area contributed by atoms with Crippen molar-refractivity contribution in [2.45, 2.75) is 19.6 Å². The quantitative estimate of drug-likeness (QED) is 0.534. The molecule has 1 aromatic carbocycles. The molecule has 3 N–H and O–H groups in total. The number of aliphatic hydroxyl groups excluding tert-OH is 1. The molecule has 24 heavy (non-hydrogen) atoms. The predicted octanol–water partition coefficient (Wildman–Crippen LogP) is 1.88. The number of rotatable bonds is 7. The van der Waals surface area contributed by atoms with E-state index in [1.165, 1.54) is 0 Å². The number of aliphatic imine (C=N–C) groups is 1. The summed E-state index contributed by atoms with van der Waals surface area (Å²) in [5.41, 5.74) is 1.72. The first kappa shape index (κ1) is 17.7. The topological polar surface area (TPSA) is 78.8 Å². The minimum atomic E-state index is -0.630. The minimum Gasteiger partial charge on any atom is -0.497 e. The van der Waals surface area contributed by atoms with Crippen LogP contribution in [0.4, 0.5) is 0 Å². The number of aliphatic hydroxyl groups is 1. The van der Waals surface area contributed by atoms with Crippen molar-refractivity contribution < 1.29 is 9.84 Å². The average Bonchev–Trinajstić information content (AvgIpc) is 2.64. The lowest BCUT2D eigenvalue weighted by Gasteiger charge is -2.15. The van der Waals surface area contributed by atoms with Gasteiger partial charge < -0.3 is 20.5 Å². The van der Waals surface area contributed by atoms with E-state index >= 15 is 0 Å². The minimum absolute atomic E-state index is 0.361. The van der Waals surface area contributed by atoms with Gasteiger partial charge in [0.2, 0.25) is 0 Å². The van der Waals surface area contributed by atoms with Crippen LogP contribution in [-0.4, -0.2) is 36.2 Å². The number of methoxy groups -OCH3 is 1. The Hall–Kier alpha value is -2.60. The molecule has 0 saturated heterocycles. The Labute approximate surface area is 142 Å². The maximum Gasteiger partial charge on any atom is 0.191 e. The van der Waals surface area contributed by atoms with E-state index in [9.17, 15) is 5.11 Å². The number of ether oxygens (including phenoxy) is 1. The Bertz CT molecular complexity index is 629. The SMILES string of the molecule is CCNC(=NCc1ccccn1)NCC(O)c1ccc(OC)cc1. The molecule has 0 radical (unpaired) electrons. The molecule has 0 aliphatic heterocycles. The molecular formula is C18H24N4O2. The molecule has 0 amide bonds. The molecule has 128 valence electrons. The van der Waals surface area contributed by atoms with Gasteiger partial charge in [0.15, 0.2) is 5.96 Å². The maximum absolute atomic E-state index is 10.3. The Morgan fingerprint density at radius 1 is 1.21 bits per heavy atom. The van der Waals surface area contributed by atoms with Crippen LogP contribution in [0.25, 0.3) is 0 Å². The Morgan fingerprint density at radius 2 is 2.00 bits per heavy atom. The highest BCUT2D eigenvalue weighted by Gasteiger charge is 2.08. The van der Waals surface area contributed by atoms with E-state index in [1.54, 1.807) is 13.3 Å². The normalized spacial score (nSPS) is 12.5. The summed E-state index contributed by atoms with van der Waals surface area (Å²) in [6, 6.07) is 13.1. The molecule has 1 aromatic heterocycles. The second-order valence-corrected chi connectivity index (χ2v) is 5.19. The summed E-state index contributed by atoms with van der Waals surface area (Å²) in [6.45, 7) is 3.58. The first-order valence-corrected chi connectivity index (χ1v) is 7.97. The van der Waals surface area contributed by atoms with Gasteiger partial charge in [-0.15, -0.1) is 0 Å². The van der Waals surface area contributed by atoms with E-state index in [0.29, 0.717) is 19.0 Å². The van der Waals surface area contributed by atoms with Gasteiger partial charge in [-0.2, -0.15) is 0 Å². The lowest BCUT2D eigenvalue weighted by Crippen LogP contribution is -2.39. The van der Waals surface area contributed by atoms with Crippen molar-refractivity contribution in [3.8, 4) is 5.75 Å². The van der Waals surface area contributed by atoms with Gasteiger partial charge in [-0.05, 0) is 36.8 Å². The molecule has 6 nitrogen and oxygen atoms in total. The summed E-state index contributed by atoms with van der Waals surface area (Å²) in [7, 11) is 1.62. The van der Waals surface area contributed by atoms with Crippen LogP contribution < -0.4 is 15.4 Å². The van der Waals surface area contributed by atoms with Crippen molar-refractivity contribution in [2.24, 2.45) is 4.99 Å². The first-order valence-electron chi connectivity index (χ1n) is 7.97. The third-order valence-corrected chi connectivity index (χ3v) is 3.43. The second-order valence-electron chi connectivity index (χ2n) is 5.19. The van der Waals surface area contributed by atoms with Crippen LogP contribution in [-0.2, 0) is 6.54 Å². The van der Waals surface area contributed by atoms with Gasteiger partial charge in [0.05, 0.1) is 25.5 Å². The number of nitrogens with zero attached hydrogens (tertiary/aromatic N) is 2. The van der Waals surface area contributed by atoms with E-state index in [-0.39, 0.29) is 0 Å². The molecular weight excluding hydrogens is 304 g/mol. The lowest BCUT2D eigenvalue weighted by molar-refractivity contribution is 0.180. The van der Waals surface area contributed by atoms with E-state index in [1.807, 2.05) is 49.4 Å². The van der Waals surface area contributed by atoms with Crippen LogP contribution in [0, 0.1) is 0 Å². The highest BCUT2D eigenvalue weighted by molar-refractivity contribution is 5.79. The number of aromatic nitrogens is 1. The molecule has 0 bridgehead atoms. The van der Waals surface area contributed by atoms with Crippen molar-refractivity contribution in [1.29, 1.82) is 0 Å². The Balaban J connectivity index is 1.92. The summed E-state index contributed by atoms with van der Waals surface area (Å²) in [6.07, 6.45) is 1.12. The van der Waals surface area contributed by atoms with E-state index in [4.69, 9.17) is 4.74 Å². The van der Waals surface area contributed by atoms with Crippen molar-refractivity contribution in [3.05, 3.63) is 59.9 Å². The van der Waals surface area contributed by atoms with Gasteiger partial charge in [0.1, 0.15) is 5.75 Å². The summed E-state index contributed by atoms with van der Waals surface area (Å²) >= 11 is 0. The number of guanidine groups is 1. The first-order chi connectivity index (χ1) is 11.7. The van der Waals surface area contributed by atoms with Gasteiger partial charge >= 0.3 is 0 Å². The van der Waals surface area contributed by atoms with Crippen LogP contribution in [0.1, 0.15) is 24.3 Å². The van der Waals surface area contributed by atoms with Gasteiger partial charge in [0, 0.05) is 19.3 Å². The molecule has 2 rings (SSSR count). The smallest absolute Gasteiger partial charge is 0.191 e. The zero-order valence-corrected chi connectivity index (χ0v) is 14.1. The molecule has 0 saturated carbocycles.